The molecule has 2 aromatic carbocycles. The molecule has 0 amide bonds. The zero-order chi connectivity index (χ0) is 17.0. The van der Waals surface area contributed by atoms with Gasteiger partial charge in [0.25, 0.3) is 0 Å². The van der Waals surface area contributed by atoms with Crippen LogP contribution < -0.4 is 5.46 Å². The maximum Gasteiger partial charge on any atom is 0.495 e. The molecule has 0 bridgehead atoms. The van der Waals surface area contributed by atoms with E-state index in [-0.39, 0.29) is 12.2 Å². The Labute approximate surface area is 148 Å². The second kappa shape index (κ2) is 5.43. The average Bonchev–Trinajstić information content (AvgIpc) is 3.08. The average molecular weight is 330 g/mol. The molecule has 0 radical (unpaired) electrons. The van der Waals surface area contributed by atoms with E-state index in [1.54, 1.807) is 7.11 Å². The van der Waals surface area contributed by atoms with Crippen molar-refractivity contribution in [3.05, 3.63) is 83.4 Å². The van der Waals surface area contributed by atoms with Gasteiger partial charge in [-0.25, -0.2) is 0 Å². The van der Waals surface area contributed by atoms with Crippen LogP contribution in [0.25, 0.3) is 5.57 Å². The third kappa shape index (κ3) is 1.93. The molecule has 1 fully saturated rings. The lowest BCUT2D eigenvalue weighted by atomic mass is 9.64. The molecule has 1 heterocycles. The summed E-state index contributed by atoms with van der Waals surface area (Å²) in [4.78, 5) is 0. The Balaban J connectivity index is 1.58. The Morgan fingerprint density at radius 1 is 1.12 bits per heavy atom. The highest BCUT2D eigenvalue weighted by Gasteiger charge is 2.61. The van der Waals surface area contributed by atoms with Crippen LogP contribution in [0.15, 0.2) is 66.8 Å². The standard InChI is InChI=1S/C21H19BO3/c1-14(23-2)15-8-4-6-12-19(15)22-24-20-13-7-11-18-16-9-3-5-10-17(16)21(18,20)25-22/h3-14,20H,1-2H3/t14-,20-,21+/m1/s1. The molecule has 5 rings (SSSR count). The summed E-state index contributed by atoms with van der Waals surface area (Å²) in [6.07, 6.45) is 6.21. The number of ether oxygens (including phenoxy) is 1. The molecule has 1 spiro atoms. The molecule has 0 unspecified atom stereocenters. The van der Waals surface area contributed by atoms with Gasteiger partial charge in [0, 0.05) is 7.11 Å². The van der Waals surface area contributed by atoms with E-state index in [9.17, 15) is 0 Å². The van der Waals surface area contributed by atoms with Gasteiger partial charge in [-0.15, -0.1) is 0 Å². The highest BCUT2D eigenvalue weighted by molar-refractivity contribution is 6.62. The smallest absolute Gasteiger partial charge is 0.397 e. The van der Waals surface area contributed by atoms with E-state index >= 15 is 0 Å². The van der Waals surface area contributed by atoms with Gasteiger partial charge in [-0.3, -0.25) is 0 Å². The fourth-order valence-corrected chi connectivity index (χ4v) is 4.26. The molecule has 3 aliphatic rings. The Morgan fingerprint density at radius 3 is 2.80 bits per heavy atom. The van der Waals surface area contributed by atoms with Crippen molar-refractivity contribution in [1.29, 1.82) is 0 Å². The van der Waals surface area contributed by atoms with Gasteiger partial charge in [-0.2, -0.15) is 0 Å². The van der Waals surface area contributed by atoms with Crippen LogP contribution in [0.5, 0.6) is 0 Å². The lowest BCUT2D eigenvalue weighted by molar-refractivity contribution is 0.105. The summed E-state index contributed by atoms with van der Waals surface area (Å²) in [5.41, 5.74) is 5.37. The SMILES string of the molecule is CO[C@H](C)c1ccccc1B1O[C@@H]2C=CC=C3c4ccccc4[C@]32O1. The molecule has 124 valence electrons. The predicted octanol–water partition coefficient (Wildman–Crippen LogP) is 3.37. The number of benzene rings is 2. The monoisotopic (exact) mass is 330 g/mol. The highest BCUT2D eigenvalue weighted by Crippen LogP contribution is 2.59. The van der Waals surface area contributed by atoms with Crippen LogP contribution in [0.4, 0.5) is 0 Å². The topological polar surface area (TPSA) is 27.7 Å². The van der Waals surface area contributed by atoms with E-state index in [4.69, 9.17) is 14.0 Å². The van der Waals surface area contributed by atoms with Gasteiger partial charge in [0.1, 0.15) is 5.60 Å². The number of rotatable bonds is 3. The first kappa shape index (κ1) is 15.1. The van der Waals surface area contributed by atoms with Crippen LogP contribution in [0.2, 0.25) is 0 Å². The van der Waals surface area contributed by atoms with Crippen molar-refractivity contribution in [2.45, 2.75) is 24.7 Å². The van der Waals surface area contributed by atoms with Gasteiger partial charge in [0.15, 0.2) is 0 Å². The van der Waals surface area contributed by atoms with Crippen LogP contribution in [0, 0.1) is 0 Å². The molecular weight excluding hydrogens is 311 g/mol. The molecule has 25 heavy (non-hydrogen) atoms. The van der Waals surface area contributed by atoms with Gasteiger partial charge in [0.2, 0.25) is 0 Å². The molecular formula is C21H19BO3. The Hall–Kier alpha value is -2.14. The molecule has 4 heteroatoms. The van der Waals surface area contributed by atoms with E-state index in [1.807, 2.05) is 19.1 Å². The minimum Gasteiger partial charge on any atom is -0.397 e. The molecule has 0 aromatic heterocycles. The molecule has 0 saturated carbocycles. The van der Waals surface area contributed by atoms with Crippen molar-refractivity contribution in [1.82, 2.24) is 0 Å². The molecule has 1 aliphatic heterocycles. The summed E-state index contributed by atoms with van der Waals surface area (Å²) >= 11 is 0. The van der Waals surface area contributed by atoms with Gasteiger partial charge < -0.3 is 14.0 Å². The van der Waals surface area contributed by atoms with Gasteiger partial charge in [0.05, 0.1) is 12.2 Å². The first-order valence-corrected chi connectivity index (χ1v) is 8.69. The minimum absolute atomic E-state index is 0.0113. The van der Waals surface area contributed by atoms with E-state index in [0.717, 1.165) is 11.0 Å². The predicted molar refractivity (Wildman–Crippen MR) is 98.4 cm³/mol. The number of hydrogen-bond donors (Lipinski definition) is 0. The van der Waals surface area contributed by atoms with Crippen LogP contribution in [0.3, 0.4) is 0 Å². The summed E-state index contributed by atoms with van der Waals surface area (Å²) in [7, 11) is 1.32. The van der Waals surface area contributed by atoms with E-state index < -0.39 is 12.7 Å². The quantitative estimate of drug-likeness (QED) is 0.808. The van der Waals surface area contributed by atoms with Crippen molar-refractivity contribution < 1.29 is 14.0 Å². The van der Waals surface area contributed by atoms with Crippen molar-refractivity contribution in [2.75, 3.05) is 7.11 Å². The second-order valence-electron chi connectivity index (χ2n) is 6.76. The Kier molecular flexibility index (Phi) is 3.29. The van der Waals surface area contributed by atoms with E-state index in [0.29, 0.717) is 0 Å². The first-order valence-electron chi connectivity index (χ1n) is 8.69. The van der Waals surface area contributed by atoms with Crippen molar-refractivity contribution in [2.24, 2.45) is 0 Å². The number of hydrogen-bond acceptors (Lipinski definition) is 3. The van der Waals surface area contributed by atoms with E-state index in [2.05, 4.69) is 54.6 Å². The van der Waals surface area contributed by atoms with Crippen molar-refractivity contribution in [3.8, 4) is 0 Å². The largest absolute Gasteiger partial charge is 0.495 e. The van der Waals surface area contributed by atoms with Crippen LogP contribution in [0.1, 0.15) is 29.7 Å². The molecule has 3 nitrogen and oxygen atoms in total. The third-order valence-electron chi connectivity index (χ3n) is 5.57. The summed E-state index contributed by atoms with van der Waals surface area (Å²) in [5, 5.41) is 0. The minimum atomic E-state index is -0.473. The number of fused-ring (bicyclic) bond motifs is 2. The summed E-state index contributed by atoms with van der Waals surface area (Å²) < 4.78 is 18.5. The van der Waals surface area contributed by atoms with Crippen LogP contribution in [-0.2, 0) is 19.6 Å². The Morgan fingerprint density at radius 2 is 1.92 bits per heavy atom. The lowest BCUT2D eigenvalue weighted by Gasteiger charge is -2.47. The molecule has 0 N–H and O–H groups in total. The molecule has 2 aliphatic carbocycles. The first-order chi connectivity index (χ1) is 12.3. The molecule has 2 aromatic rings. The number of allylic oxidation sites excluding steroid dienone is 2. The maximum absolute atomic E-state index is 6.60. The van der Waals surface area contributed by atoms with Gasteiger partial charge in [-0.05, 0) is 34.6 Å². The lowest BCUT2D eigenvalue weighted by Crippen LogP contribution is -2.47. The summed E-state index contributed by atoms with van der Waals surface area (Å²) in [6.45, 7) is 2.04. The third-order valence-corrected chi connectivity index (χ3v) is 5.57. The van der Waals surface area contributed by atoms with Crippen LogP contribution >= 0.6 is 0 Å². The maximum atomic E-state index is 6.60. The fourth-order valence-electron chi connectivity index (χ4n) is 4.26. The fraction of sp³-hybridized carbons (Fsp3) is 0.238. The molecule has 3 atom stereocenters. The highest BCUT2D eigenvalue weighted by atomic mass is 16.7. The number of methoxy groups -OCH3 is 1. The van der Waals surface area contributed by atoms with Gasteiger partial charge in [-0.1, -0.05) is 66.8 Å². The summed E-state index contributed by atoms with van der Waals surface area (Å²) in [5.74, 6) is 0. The normalized spacial score (nSPS) is 27.0. The van der Waals surface area contributed by atoms with Crippen molar-refractivity contribution in [3.63, 3.8) is 0 Å². The van der Waals surface area contributed by atoms with Gasteiger partial charge >= 0.3 is 7.12 Å². The van der Waals surface area contributed by atoms with E-state index in [1.165, 1.54) is 16.7 Å². The van der Waals surface area contributed by atoms with Crippen LogP contribution in [-0.4, -0.2) is 20.3 Å². The second-order valence-corrected chi connectivity index (χ2v) is 6.76. The Bertz CT molecular complexity index is 904. The van der Waals surface area contributed by atoms with Crippen molar-refractivity contribution >= 4 is 18.2 Å². The molecule has 1 saturated heterocycles. The zero-order valence-electron chi connectivity index (χ0n) is 14.3. The zero-order valence-corrected chi connectivity index (χ0v) is 14.3. The summed E-state index contributed by atoms with van der Waals surface area (Å²) in [6, 6.07) is 16.6.